The molecule has 2 heterocycles. The van der Waals surface area contributed by atoms with Gasteiger partial charge in [0.2, 0.25) is 5.95 Å². The van der Waals surface area contributed by atoms with Gasteiger partial charge in [0.15, 0.2) is 0 Å². The Morgan fingerprint density at radius 1 is 1.28 bits per heavy atom. The number of nitrogens with zero attached hydrogens (tertiary/aromatic N) is 5. The Hall–Kier alpha value is -3.20. The summed E-state index contributed by atoms with van der Waals surface area (Å²) in [6.07, 6.45) is 2.58. The van der Waals surface area contributed by atoms with Crippen molar-refractivity contribution in [3.05, 3.63) is 58.6 Å². The maximum absolute atomic E-state index is 12.3. The molecule has 0 unspecified atom stereocenters. The van der Waals surface area contributed by atoms with Gasteiger partial charge < -0.3 is 5.11 Å². The van der Waals surface area contributed by atoms with Gasteiger partial charge >= 0.3 is 5.97 Å². The fourth-order valence-corrected chi connectivity index (χ4v) is 2.36. The lowest BCUT2D eigenvalue weighted by molar-refractivity contribution is 0.0692. The highest BCUT2D eigenvalue weighted by molar-refractivity contribution is 6.30. The first kappa shape index (κ1) is 16.7. The van der Waals surface area contributed by atoms with Crippen molar-refractivity contribution in [3.8, 4) is 0 Å². The third kappa shape index (κ3) is 3.66. The van der Waals surface area contributed by atoms with Crippen molar-refractivity contribution in [2.24, 2.45) is 7.05 Å². The standard InChI is InChI=1S/C15H13ClN6O3/c1-21-12(11(6-18-21)14(24)25)13(23)19-15-17-8-22(20-15)7-9-2-4-10(16)5-3-9/h2-6,8H,7H2,1H3,(H,24,25)(H,19,20,23). The van der Waals surface area contributed by atoms with Crippen molar-refractivity contribution in [2.75, 3.05) is 5.32 Å². The summed E-state index contributed by atoms with van der Waals surface area (Å²) in [5.41, 5.74) is 0.689. The van der Waals surface area contributed by atoms with E-state index in [0.717, 1.165) is 11.8 Å². The fraction of sp³-hybridized carbons (Fsp3) is 0.133. The number of carboxylic acid groups (broad SMARTS) is 1. The van der Waals surface area contributed by atoms with Crippen LogP contribution in [0.2, 0.25) is 5.02 Å². The predicted molar refractivity (Wildman–Crippen MR) is 88.7 cm³/mol. The van der Waals surface area contributed by atoms with Crippen LogP contribution in [0.1, 0.15) is 26.4 Å². The molecule has 9 nitrogen and oxygen atoms in total. The largest absolute Gasteiger partial charge is 0.478 e. The van der Waals surface area contributed by atoms with E-state index in [2.05, 4.69) is 20.5 Å². The second-order valence-corrected chi connectivity index (χ2v) is 5.62. The predicted octanol–water partition coefficient (Wildman–Crippen LogP) is 1.66. The highest BCUT2D eigenvalue weighted by atomic mass is 35.5. The first-order valence-corrected chi connectivity index (χ1v) is 7.52. The highest BCUT2D eigenvalue weighted by Gasteiger charge is 2.22. The second kappa shape index (κ2) is 6.73. The van der Waals surface area contributed by atoms with Crippen molar-refractivity contribution in [1.29, 1.82) is 0 Å². The molecule has 25 heavy (non-hydrogen) atoms. The lowest BCUT2D eigenvalue weighted by Crippen LogP contribution is -2.20. The number of hydrogen-bond acceptors (Lipinski definition) is 5. The molecule has 10 heteroatoms. The van der Waals surface area contributed by atoms with Crippen LogP contribution in [0.25, 0.3) is 0 Å². The minimum Gasteiger partial charge on any atom is -0.478 e. The zero-order chi connectivity index (χ0) is 18.0. The topological polar surface area (TPSA) is 115 Å². The van der Waals surface area contributed by atoms with E-state index in [1.807, 2.05) is 12.1 Å². The smallest absolute Gasteiger partial charge is 0.339 e. The zero-order valence-electron chi connectivity index (χ0n) is 13.0. The van der Waals surface area contributed by atoms with Crippen LogP contribution in [0.15, 0.2) is 36.8 Å². The Kier molecular flexibility index (Phi) is 4.48. The van der Waals surface area contributed by atoms with Gasteiger partial charge in [-0.25, -0.2) is 14.5 Å². The van der Waals surface area contributed by atoms with E-state index >= 15 is 0 Å². The van der Waals surface area contributed by atoms with Crippen molar-refractivity contribution in [1.82, 2.24) is 24.5 Å². The van der Waals surface area contributed by atoms with Gasteiger partial charge in [0.25, 0.3) is 5.91 Å². The first-order valence-electron chi connectivity index (χ1n) is 7.14. The maximum atomic E-state index is 12.3. The molecule has 3 aromatic rings. The molecule has 0 radical (unpaired) electrons. The van der Waals surface area contributed by atoms with Crippen LogP contribution in [-0.2, 0) is 13.6 Å². The van der Waals surface area contributed by atoms with Gasteiger partial charge in [-0.2, -0.15) is 5.10 Å². The van der Waals surface area contributed by atoms with Gasteiger partial charge in [-0.1, -0.05) is 23.7 Å². The van der Waals surface area contributed by atoms with E-state index in [-0.39, 0.29) is 17.2 Å². The van der Waals surface area contributed by atoms with E-state index in [1.165, 1.54) is 18.1 Å². The van der Waals surface area contributed by atoms with E-state index in [0.29, 0.717) is 11.6 Å². The summed E-state index contributed by atoms with van der Waals surface area (Å²) < 4.78 is 2.73. The molecular formula is C15H13ClN6O3. The van der Waals surface area contributed by atoms with E-state index in [9.17, 15) is 9.59 Å². The summed E-state index contributed by atoms with van der Waals surface area (Å²) in [7, 11) is 1.48. The molecule has 3 rings (SSSR count). The number of aryl methyl sites for hydroxylation is 1. The van der Waals surface area contributed by atoms with Crippen LogP contribution < -0.4 is 5.32 Å². The number of benzene rings is 1. The number of carboxylic acids is 1. The zero-order valence-corrected chi connectivity index (χ0v) is 13.8. The number of carbonyl (C=O) groups excluding carboxylic acids is 1. The lowest BCUT2D eigenvalue weighted by atomic mass is 10.2. The van der Waals surface area contributed by atoms with Crippen LogP contribution in [0.3, 0.4) is 0 Å². The quantitative estimate of drug-likeness (QED) is 0.715. The molecule has 0 aliphatic carbocycles. The molecule has 2 aromatic heterocycles. The molecule has 1 amide bonds. The van der Waals surface area contributed by atoms with Gasteiger partial charge in [0, 0.05) is 12.1 Å². The average Bonchev–Trinajstić information content (AvgIpc) is 3.16. The Balaban J connectivity index is 1.73. The monoisotopic (exact) mass is 360 g/mol. The number of carbonyl (C=O) groups is 2. The van der Waals surface area contributed by atoms with Crippen LogP contribution in [0.5, 0.6) is 0 Å². The lowest BCUT2D eigenvalue weighted by Gasteiger charge is -2.03. The van der Waals surface area contributed by atoms with Crippen molar-refractivity contribution >= 4 is 29.4 Å². The Morgan fingerprint density at radius 3 is 2.68 bits per heavy atom. The molecule has 128 valence electrons. The Morgan fingerprint density at radius 2 is 2.00 bits per heavy atom. The summed E-state index contributed by atoms with van der Waals surface area (Å²) in [5, 5.41) is 20.1. The number of rotatable bonds is 5. The Bertz CT molecular complexity index is 931. The molecule has 0 atom stereocenters. The van der Waals surface area contributed by atoms with E-state index in [4.69, 9.17) is 16.7 Å². The number of nitrogens with one attached hydrogen (secondary N) is 1. The molecule has 0 aliphatic rings. The molecule has 0 aliphatic heterocycles. The molecule has 0 spiro atoms. The second-order valence-electron chi connectivity index (χ2n) is 5.18. The summed E-state index contributed by atoms with van der Waals surface area (Å²) in [6, 6.07) is 7.26. The van der Waals surface area contributed by atoms with Gasteiger partial charge in [0.1, 0.15) is 17.6 Å². The molecule has 2 N–H and O–H groups in total. The summed E-state index contributed by atoms with van der Waals surface area (Å²) >= 11 is 5.84. The third-order valence-corrected chi connectivity index (χ3v) is 3.66. The summed E-state index contributed by atoms with van der Waals surface area (Å²) in [4.78, 5) is 27.4. The molecule has 0 saturated heterocycles. The molecule has 0 bridgehead atoms. The van der Waals surface area contributed by atoms with Gasteiger partial charge in [-0.3, -0.25) is 14.8 Å². The van der Waals surface area contributed by atoms with Crippen LogP contribution in [0.4, 0.5) is 5.95 Å². The Labute approximate surface area is 146 Å². The number of aromatic carboxylic acids is 1. The SMILES string of the molecule is Cn1ncc(C(=O)O)c1C(=O)Nc1ncn(Cc2ccc(Cl)cc2)n1. The summed E-state index contributed by atoms with van der Waals surface area (Å²) in [5.74, 6) is -1.82. The number of anilines is 1. The van der Waals surface area contributed by atoms with Gasteiger partial charge in [-0.15, -0.1) is 5.10 Å². The number of aromatic nitrogens is 5. The van der Waals surface area contributed by atoms with E-state index < -0.39 is 11.9 Å². The first-order chi connectivity index (χ1) is 11.9. The van der Waals surface area contributed by atoms with Gasteiger partial charge in [0.05, 0.1) is 12.7 Å². The minimum atomic E-state index is -1.24. The van der Waals surface area contributed by atoms with Crippen LogP contribution in [-0.4, -0.2) is 41.5 Å². The van der Waals surface area contributed by atoms with E-state index in [1.54, 1.807) is 16.8 Å². The molecule has 0 saturated carbocycles. The van der Waals surface area contributed by atoms with Crippen molar-refractivity contribution in [3.63, 3.8) is 0 Å². The fourth-order valence-electron chi connectivity index (χ4n) is 2.23. The summed E-state index contributed by atoms with van der Waals surface area (Å²) in [6.45, 7) is 0.451. The number of halogens is 1. The van der Waals surface area contributed by atoms with Crippen molar-refractivity contribution in [2.45, 2.75) is 6.54 Å². The highest BCUT2D eigenvalue weighted by Crippen LogP contribution is 2.12. The molecule has 1 aromatic carbocycles. The molecule has 0 fully saturated rings. The maximum Gasteiger partial charge on any atom is 0.339 e. The normalized spacial score (nSPS) is 10.6. The average molecular weight is 361 g/mol. The van der Waals surface area contributed by atoms with Crippen LogP contribution >= 0.6 is 11.6 Å². The third-order valence-electron chi connectivity index (χ3n) is 3.40. The van der Waals surface area contributed by atoms with Gasteiger partial charge in [-0.05, 0) is 17.7 Å². The molecular weight excluding hydrogens is 348 g/mol. The number of amides is 1. The number of hydrogen-bond donors (Lipinski definition) is 2. The minimum absolute atomic E-state index is 0.0662. The van der Waals surface area contributed by atoms with Crippen molar-refractivity contribution < 1.29 is 14.7 Å². The van der Waals surface area contributed by atoms with Crippen LogP contribution in [0, 0.1) is 0 Å².